The maximum Gasteiger partial charge on any atom is 0.225 e. The summed E-state index contributed by atoms with van der Waals surface area (Å²) in [7, 11) is 1.88. The summed E-state index contributed by atoms with van der Waals surface area (Å²) in [4.78, 5) is 20.7. The number of aromatic nitrogens is 5. The molecule has 10 nitrogen and oxygen atoms in total. The van der Waals surface area contributed by atoms with Crippen molar-refractivity contribution >= 4 is 18.1 Å². The summed E-state index contributed by atoms with van der Waals surface area (Å²) in [6, 6.07) is 7.81. The number of amidine groups is 1. The topological polar surface area (TPSA) is 111 Å². The zero-order chi connectivity index (χ0) is 24.2. The van der Waals surface area contributed by atoms with E-state index >= 15 is 0 Å². The summed E-state index contributed by atoms with van der Waals surface area (Å²) < 4.78 is 20.5. The van der Waals surface area contributed by atoms with Crippen LogP contribution in [-0.2, 0) is 7.05 Å². The van der Waals surface area contributed by atoms with Gasteiger partial charge in [-0.3, -0.25) is 10.1 Å². The van der Waals surface area contributed by atoms with Crippen LogP contribution in [0.15, 0.2) is 66.3 Å². The first-order valence-electron chi connectivity index (χ1n) is 11.1. The van der Waals surface area contributed by atoms with Gasteiger partial charge in [0.1, 0.15) is 17.9 Å². The van der Waals surface area contributed by atoms with Crippen molar-refractivity contribution in [3.63, 3.8) is 0 Å². The standard InChI is InChI=1S/C24H24FN9O/c1-32-15-18(12-31-32)17-10-22(27-11-17)23(30-16-26)33-6-8-34(9-7-33)24-28-13-21(14-29-24)35-20-4-2-19(25)3-5-20/h2-5,10-16,26-27H,6-9H2,1H3. The van der Waals surface area contributed by atoms with Crippen molar-refractivity contribution in [3.8, 4) is 22.6 Å². The van der Waals surface area contributed by atoms with E-state index in [0.29, 0.717) is 43.6 Å². The normalized spacial score (nSPS) is 14.3. The van der Waals surface area contributed by atoms with Gasteiger partial charge in [-0.25, -0.2) is 19.4 Å². The van der Waals surface area contributed by atoms with Crippen molar-refractivity contribution in [2.45, 2.75) is 0 Å². The minimum atomic E-state index is -0.317. The molecule has 4 heterocycles. The number of hydrogen-bond donors (Lipinski definition) is 2. The lowest BCUT2D eigenvalue weighted by molar-refractivity contribution is 0.383. The molecule has 1 aliphatic rings. The smallest absolute Gasteiger partial charge is 0.225 e. The quantitative estimate of drug-likeness (QED) is 0.328. The van der Waals surface area contributed by atoms with Crippen LogP contribution in [0.1, 0.15) is 5.69 Å². The second-order valence-electron chi connectivity index (χ2n) is 8.04. The number of nitrogens with zero attached hydrogens (tertiary/aromatic N) is 7. The number of aryl methyl sites for hydroxylation is 1. The Morgan fingerprint density at radius 1 is 1.06 bits per heavy atom. The van der Waals surface area contributed by atoms with Crippen LogP contribution in [0.5, 0.6) is 11.5 Å². The molecular formula is C24H24FN9O. The number of benzene rings is 1. The molecule has 0 bridgehead atoms. The number of rotatable bonds is 6. The molecule has 0 aliphatic carbocycles. The molecule has 0 unspecified atom stereocenters. The van der Waals surface area contributed by atoms with Crippen molar-refractivity contribution < 1.29 is 9.13 Å². The average Bonchev–Trinajstić information content (AvgIpc) is 3.54. The highest BCUT2D eigenvalue weighted by Gasteiger charge is 2.23. The van der Waals surface area contributed by atoms with Crippen LogP contribution in [0.3, 0.4) is 0 Å². The maximum absolute atomic E-state index is 13.1. The molecule has 0 saturated carbocycles. The van der Waals surface area contributed by atoms with E-state index in [1.807, 2.05) is 31.7 Å². The van der Waals surface area contributed by atoms with E-state index in [2.05, 4.69) is 34.8 Å². The van der Waals surface area contributed by atoms with Gasteiger partial charge in [-0.15, -0.1) is 0 Å². The molecular weight excluding hydrogens is 449 g/mol. The molecule has 11 heteroatoms. The Kier molecular flexibility index (Phi) is 6.20. The minimum absolute atomic E-state index is 0.317. The Balaban J connectivity index is 1.22. The van der Waals surface area contributed by atoms with Gasteiger partial charge >= 0.3 is 0 Å². The van der Waals surface area contributed by atoms with E-state index in [1.165, 1.54) is 12.1 Å². The van der Waals surface area contributed by atoms with Crippen LogP contribution in [0.2, 0.25) is 0 Å². The van der Waals surface area contributed by atoms with Gasteiger partial charge in [0.05, 0.1) is 24.3 Å². The number of ether oxygens (including phenoxy) is 1. The lowest BCUT2D eigenvalue weighted by Crippen LogP contribution is -2.49. The monoisotopic (exact) mass is 473 g/mol. The molecule has 3 aromatic heterocycles. The van der Waals surface area contributed by atoms with E-state index in [0.717, 1.165) is 29.0 Å². The molecule has 0 atom stereocenters. The van der Waals surface area contributed by atoms with E-state index in [4.69, 9.17) is 10.1 Å². The molecule has 1 fully saturated rings. The van der Waals surface area contributed by atoms with Crippen LogP contribution >= 0.6 is 0 Å². The first-order chi connectivity index (χ1) is 17.1. The highest BCUT2D eigenvalue weighted by atomic mass is 19.1. The number of piperazine rings is 1. The summed E-state index contributed by atoms with van der Waals surface area (Å²) in [5, 5.41) is 11.8. The highest BCUT2D eigenvalue weighted by molar-refractivity contribution is 6.01. The fraction of sp³-hybridized carbons (Fsp3) is 0.208. The first-order valence-corrected chi connectivity index (χ1v) is 11.1. The second kappa shape index (κ2) is 9.75. The molecule has 0 amide bonds. The van der Waals surface area contributed by atoms with Gasteiger partial charge in [-0.05, 0) is 30.3 Å². The van der Waals surface area contributed by atoms with E-state index < -0.39 is 0 Å². The number of hydrogen-bond acceptors (Lipinski definition) is 6. The summed E-state index contributed by atoms with van der Waals surface area (Å²) in [6.07, 6.45) is 9.97. The summed E-state index contributed by atoms with van der Waals surface area (Å²) in [5.41, 5.74) is 2.87. The van der Waals surface area contributed by atoms with Crippen LogP contribution in [-0.4, -0.2) is 68.0 Å². The maximum atomic E-state index is 13.1. The molecule has 35 heavy (non-hydrogen) atoms. The number of nitrogens with one attached hydrogen (secondary N) is 2. The Morgan fingerprint density at radius 3 is 2.46 bits per heavy atom. The number of halogens is 1. The summed E-state index contributed by atoms with van der Waals surface area (Å²) in [6.45, 7) is 2.80. The third kappa shape index (κ3) is 5.03. The molecule has 0 spiro atoms. The van der Waals surface area contributed by atoms with Crippen molar-refractivity contribution in [1.29, 1.82) is 5.41 Å². The van der Waals surface area contributed by atoms with Gasteiger partial charge in [0.2, 0.25) is 5.95 Å². The lowest BCUT2D eigenvalue weighted by atomic mass is 10.2. The Labute approximate surface area is 201 Å². The van der Waals surface area contributed by atoms with Crippen molar-refractivity contribution in [1.82, 2.24) is 29.6 Å². The van der Waals surface area contributed by atoms with E-state index in [1.54, 1.807) is 29.2 Å². The van der Waals surface area contributed by atoms with Crippen molar-refractivity contribution in [3.05, 3.63) is 72.8 Å². The van der Waals surface area contributed by atoms with Gasteiger partial charge in [0, 0.05) is 56.7 Å². The average molecular weight is 474 g/mol. The number of H-pyrrole nitrogens is 1. The summed E-state index contributed by atoms with van der Waals surface area (Å²) in [5.74, 6) is 2.02. The van der Waals surface area contributed by atoms with Gasteiger partial charge in [0.25, 0.3) is 0 Å². The summed E-state index contributed by atoms with van der Waals surface area (Å²) >= 11 is 0. The third-order valence-corrected chi connectivity index (χ3v) is 5.67. The van der Waals surface area contributed by atoms with Gasteiger partial charge < -0.3 is 19.5 Å². The van der Waals surface area contributed by atoms with Gasteiger partial charge in [-0.1, -0.05) is 0 Å². The number of aliphatic imine (C=N–C) groups is 1. The molecule has 2 N–H and O–H groups in total. The predicted octanol–water partition coefficient (Wildman–Crippen LogP) is 3.31. The molecule has 178 valence electrons. The van der Waals surface area contributed by atoms with Crippen LogP contribution in [0.25, 0.3) is 11.1 Å². The van der Waals surface area contributed by atoms with Gasteiger partial charge in [-0.2, -0.15) is 5.10 Å². The number of aromatic amines is 1. The van der Waals surface area contributed by atoms with Crippen molar-refractivity contribution in [2.24, 2.45) is 12.0 Å². The fourth-order valence-corrected chi connectivity index (χ4v) is 3.93. The van der Waals surface area contributed by atoms with Crippen LogP contribution in [0, 0.1) is 11.2 Å². The van der Waals surface area contributed by atoms with Crippen LogP contribution in [0.4, 0.5) is 10.3 Å². The number of anilines is 1. The third-order valence-electron chi connectivity index (χ3n) is 5.67. The Morgan fingerprint density at radius 2 is 1.80 bits per heavy atom. The second-order valence-corrected chi connectivity index (χ2v) is 8.04. The Hall–Kier alpha value is -4.54. The van der Waals surface area contributed by atoms with E-state index in [9.17, 15) is 4.39 Å². The molecule has 0 radical (unpaired) electrons. The molecule has 5 rings (SSSR count). The molecule has 1 aliphatic heterocycles. The lowest BCUT2D eigenvalue weighted by Gasteiger charge is -2.36. The van der Waals surface area contributed by atoms with Gasteiger partial charge in [0.15, 0.2) is 11.6 Å². The predicted molar refractivity (Wildman–Crippen MR) is 131 cm³/mol. The fourth-order valence-electron chi connectivity index (χ4n) is 3.93. The highest BCUT2D eigenvalue weighted by Crippen LogP contribution is 2.23. The largest absolute Gasteiger partial charge is 0.454 e. The molecule has 1 saturated heterocycles. The van der Waals surface area contributed by atoms with E-state index in [-0.39, 0.29) is 5.82 Å². The Bertz CT molecular complexity index is 1320. The first kappa shape index (κ1) is 22.3. The minimum Gasteiger partial charge on any atom is -0.454 e. The molecule has 4 aromatic rings. The van der Waals surface area contributed by atoms with Crippen molar-refractivity contribution in [2.75, 3.05) is 31.1 Å². The van der Waals surface area contributed by atoms with Crippen LogP contribution < -0.4 is 9.64 Å². The zero-order valence-corrected chi connectivity index (χ0v) is 19.1. The SMILES string of the molecule is Cn1cc(-c2c[nH]c(C(=NC=N)N3CCN(c4ncc(Oc5ccc(F)cc5)cn4)CC3)c2)cn1. The zero-order valence-electron chi connectivity index (χ0n) is 19.1. The molecule has 1 aromatic carbocycles.